The summed E-state index contributed by atoms with van der Waals surface area (Å²) < 4.78 is 0. The van der Waals surface area contributed by atoms with Gasteiger partial charge in [-0.05, 0) is 50.2 Å². The van der Waals surface area contributed by atoms with Crippen molar-refractivity contribution < 1.29 is 19.3 Å². The third-order valence-corrected chi connectivity index (χ3v) is 4.17. The molecule has 0 aromatic heterocycles. The number of para-hydroxylation sites is 1. The summed E-state index contributed by atoms with van der Waals surface area (Å²) in [5.74, 6) is -0.750. The highest BCUT2D eigenvalue weighted by molar-refractivity contribution is 6.30. The van der Waals surface area contributed by atoms with Gasteiger partial charge >= 0.3 is 0 Å². The van der Waals surface area contributed by atoms with Crippen molar-refractivity contribution in [2.45, 2.75) is 19.9 Å². The van der Waals surface area contributed by atoms with Crippen LogP contribution in [0.1, 0.15) is 24.2 Å². The van der Waals surface area contributed by atoms with E-state index in [2.05, 4.69) is 16.0 Å². The molecule has 1 unspecified atom stereocenters. The van der Waals surface area contributed by atoms with E-state index < -0.39 is 0 Å². The first-order valence-electron chi connectivity index (χ1n) is 9.31. The Hall–Kier alpha value is -2.90. The van der Waals surface area contributed by atoms with Crippen molar-refractivity contribution in [2.24, 2.45) is 0 Å². The molecule has 8 heteroatoms. The Morgan fingerprint density at radius 1 is 0.931 bits per heavy atom. The monoisotopic (exact) mass is 417 g/mol. The SMILES string of the molecule is CC(C)NC(=O)C[NH+](C)CC(=O)Nc1ccccc1C(=O)Nc1ccc(Cl)cc1. The molecule has 29 heavy (non-hydrogen) atoms. The Morgan fingerprint density at radius 3 is 2.21 bits per heavy atom. The lowest BCUT2D eigenvalue weighted by atomic mass is 10.1. The Kier molecular flexibility index (Phi) is 8.18. The molecule has 0 aliphatic heterocycles. The summed E-state index contributed by atoms with van der Waals surface area (Å²) in [5, 5.41) is 8.90. The van der Waals surface area contributed by atoms with Crippen LogP contribution < -0.4 is 20.9 Å². The van der Waals surface area contributed by atoms with Crippen LogP contribution in [-0.4, -0.2) is 43.9 Å². The molecule has 0 aliphatic rings. The second-order valence-corrected chi connectivity index (χ2v) is 7.52. The number of carbonyl (C=O) groups excluding carboxylic acids is 3. The number of halogens is 1. The Labute approximate surface area is 175 Å². The van der Waals surface area contributed by atoms with Crippen LogP contribution >= 0.6 is 11.6 Å². The Morgan fingerprint density at radius 2 is 1.55 bits per heavy atom. The van der Waals surface area contributed by atoms with Crippen molar-refractivity contribution in [3.63, 3.8) is 0 Å². The summed E-state index contributed by atoms with van der Waals surface area (Å²) in [6.45, 7) is 4.04. The van der Waals surface area contributed by atoms with Crippen LogP contribution in [0.3, 0.4) is 0 Å². The maximum absolute atomic E-state index is 12.6. The third kappa shape index (κ3) is 7.56. The van der Waals surface area contributed by atoms with Crippen molar-refractivity contribution in [1.82, 2.24) is 5.32 Å². The van der Waals surface area contributed by atoms with Gasteiger partial charge in [-0.25, -0.2) is 0 Å². The van der Waals surface area contributed by atoms with Gasteiger partial charge in [-0.2, -0.15) is 0 Å². The number of hydrogen-bond acceptors (Lipinski definition) is 3. The van der Waals surface area contributed by atoms with Crippen LogP contribution in [0.4, 0.5) is 11.4 Å². The number of benzene rings is 2. The van der Waals surface area contributed by atoms with Crippen LogP contribution in [0.15, 0.2) is 48.5 Å². The highest BCUT2D eigenvalue weighted by Crippen LogP contribution is 2.18. The number of hydrogen-bond donors (Lipinski definition) is 4. The molecule has 4 N–H and O–H groups in total. The highest BCUT2D eigenvalue weighted by Gasteiger charge is 2.17. The van der Waals surface area contributed by atoms with Gasteiger partial charge in [0.05, 0.1) is 18.3 Å². The number of rotatable bonds is 8. The minimum absolute atomic E-state index is 0.0511. The van der Waals surface area contributed by atoms with Crippen molar-refractivity contribution in [3.8, 4) is 0 Å². The lowest BCUT2D eigenvalue weighted by Gasteiger charge is -2.16. The smallest absolute Gasteiger partial charge is 0.279 e. The molecule has 2 aromatic rings. The fourth-order valence-electron chi connectivity index (χ4n) is 2.70. The van der Waals surface area contributed by atoms with Gasteiger partial charge in [0.25, 0.3) is 17.7 Å². The molecule has 0 fully saturated rings. The van der Waals surface area contributed by atoms with Crippen molar-refractivity contribution >= 4 is 40.7 Å². The first-order chi connectivity index (χ1) is 13.7. The van der Waals surface area contributed by atoms with E-state index in [1.54, 1.807) is 55.6 Å². The Bertz CT molecular complexity index is 868. The predicted octanol–water partition coefficient (Wildman–Crippen LogP) is 1.57. The molecule has 0 radical (unpaired) electrons. The number of carbonyl (C=O) groups is 3. The largest absolute Gasteiger partial charge is 0.349 e. The van der Waals surface area contributed by atoms with Gasteiger partial charge in [-0.15, -0.1) is 0 Å². The molecule has 0 bridgehead atoms. The predicted molar refractivity (Wildman–Crippen MR) is 114 cm³/mol. The fourth-order valence-corrected chi connectivity index (χ4v) is 2.83. The standard InChI is InChI=1S/C21H25ClN4O3/c1-14(2)23-19(27)12-26(3)13-20(28)25-18-7-5-4-6-17(18)21(29)24-16-10-8-15(22)9-11-16/h4-11,14H,12-13H2,1-3H3,(H,23,27)(H,24,29)(H,25,28)/p+1. The second kappa shape index (κ2) is 10.6. The molecule has 0 spiro atoms. The minimum Gasteiger partial charge on any atom is -0.349 e. The summed E-state index contributed by atoms with van der Waals surface area (Å²) >= 11 is 5.86. The minimum atomic E-state index is -0.347. The van der Waals surface area contributed by atoms with Gasteiger partial charge in [0.15, 0.2) is 13.1 Å². The van der Waals surface area contributed by atoms with Crippen LogP contribution in [0.5, 0.6) is 0 Å². The average Bonchev–Trinajstić information content (AvgIpc) is 2.62. The van der Waals surface area contributed by atoms with E-state index in [1.165, 1.54) is 0 Å². The zero-order chi connectivity index (χ0) is 21.4. The quantitative estimate of drug-likeness (QED) is 0.525. The van der Waals surface area contributed by atoms with Crippen LogP contribution in [0.2, 0.25) is 5.02 Å². The van der Waals surface area contributed by atoms with Gasteiger partial charge < -0.3 is 20.9 Å². The number of quaternary nitrogens is 1. The number of amides is 3. The Balaban J connectivity index is 1.98. The number of likely N-dealkylation sites (N-methyl/N-ethyl adjacent to an activating group) is 1. The fraction of sp³-hybridized carbons (Fsp3) is 0.286. The maximum atomic E-state index is 12.6. The molecule has 7 nitrogen and oxygen atoms in total. The summed E-state index contributed by atoms with van der Waals surface area (Å²) in [7, 11) is 1.76. The molecule has 2 rings (SSSR count). The summed E-state index contributed by atoms with van der Waals surface area (Å²) in [6.07, 6.45) is 0. The molecule has 0 saturated heterocycles. The topological polar surface area (TPSA) is 91.7 Å². The van der Waals surface area contributed by atoms with Crippen molar-refractivity contribution in [2.75, 3.05) is 30.8 Å². The van der Waals surface area contributed by atoms with Gasteiger partial charge in [0.1, 0.15) is 0 Å². The number of anilines is 2. The average molecular weight is 418 g/mol. The third-order valence-electron chi connectivity index (χ3n) is 3.92. The molecular formula is C21H26ClN4O3+. The normalized spacial score (nSPS) is 11.6. The highest BCUT2D eigenvalue weighted by atomic mass is 35.5. The first kappa shape index (κ1) is 22.4. The van der Waals surface area contributed by atoms with E-state index in [0.29, 0.717) is 22.0 Å². The molecule has 2 aromatic carbocycles. The zero-order valence-corrected chi connectivity index (χ0v) is 17.5. The molecule has 3 amide bonds. The lowest BCUT2D eigenvalue weighted by Crippen LogP contribution is -3.11. The number of nitrogens with one attached hydrogen (secondary N) is 4. The van der Waals surface area contributed by atoms with E-state index >= 15 is 0 Å². The molecule has 1 atom stereocenters. The van der Waals surface area contributed by atoms with E-state index in [1.807, 2.05) is 13.8 Å². The van der Waals surface area contributed by atoms with Crippen molar-refractivity contribution in [3.05, 3.63) is 59.1 Å². The first-order valence-corrected chi connectivity index (χ1v) is 9.69. The molecular weight excluding hydrogens is 392 g/mol. The second-order valence-electron chi connectivity index (χ2n) is 7.09. The molecule has 0 heterocycles. The molecule has 154 valence electrons. The summed E-state index contributed by atoms with van der Waals surface area (Å²) in [4.78, 5) is 37.6. The van der Waals surface area contributed by atoms with Crippen molar-refractivity contribution in [1.29, 1.82) is 0 Å². The molecule has 0 saturated carbocycles. The van der Waals surface area contributed by atoms with Crippen LogP contribution in [-0.2, 0) is 9.59 Å². The van der Waals surface area contributed by atoms with Gasteiger partial charge in [-0.3, -0.25) is 14.4 Å². The summed E-state index contributed by atoms with van der Waals surface area (Å²) in [5.41, 5.74) is 1.34. The van der Waals surface area contributed by atoms with E-state index in [-0.39, 0.29) is 36.9 Å². The van der Waals surface area contributed by atoms with Gasteiger partial charge in [-0.1, -0.05) is 23.7 Å². The van der Waals surface area contributed by atoms with E-state index in [4.69, 9.17) is 11.6 Å². The molecule has 0 aliphatic carbocycles. The lowest BCUT2D eigenvalue weighted by molar-refractivity contribution is -0.862. The van der Waals surface area contributed by atoms with Gasteiger partial charge in [0.2, 0.25) is 0 Å². The van der Waals surface area contributed by atoms with Gasteiger partial charge in [0, 0.05) is 16.8 Å². The zero-order valence-electron chi connectivity index (χ0n) is 16.7. The van der Waals surface area contributed by atoms with E-state index in [0.717, 1.165) is 4.90 Å². The maximum Gasteiger partial charge on any atom is 0.279 e. The van der Waals surface area contributed by atoms with E-state index in [9.17, 15) is 14.4 Å². The van der Waals surface area contributed by atoms with Crippen LogP contribution in [0.25, 0.3) is 0 Å². The summed E-state index contributed by atoms with van der Waals surface area (Å²) in [6, 6.07) is 13.6. The van der Waals surface area contributed by atoms with Crippen LogP contribution in [0, 0.1) is 0 Å².